The van der Waals surface area contributed by atoms with Crippen molar-refractivity contribution in [3.8, 4) is 0 Å². The lowest BCUT2D eigenvalue weighted by atomic mass is 10.4. The Bertz CT molecular complexity index is 632. The largest absolute Gasteiger partial charge is 0.350 e. The smallest absolute Gasteiger partial charge is 0.294 e. The molecule has 0 saturated heterocycles. The molecule has 0 fully saturated rings. The van der Waals surface area contributed by atoms with E-state index in [0.29, 0.717) is 11.0 Å². The van der Waals surface area contributed by atoms with Crippen LogP contribution in [0.5, 0.6) is 0 Å². The van der Waals surface area contributed by atoms with Gasteiger partial charge in [0.25, 0.3) is 0 Å². The van der Waals surface area contributed by atoms with E-state index in [0.717, 1.165) is 10.8 Å². The standard InChI is InChI=1S/C10H15N5O5/c1-2-4-13-6-7(15(19)20)9(17)14(10(13)18)5-3-8(16)12-11/h6H,2-5,11H2,1H3,(H,12,16). The second kappa shape index (κ2) is 6.61. The van der Waals surface area contributed by atoms with Gasteiger partial charge in [0.05, 0.1) is 11.1 Å². The van der Waals surface area contributed by atoms with E-state index < -0.39 is 27.8 Å². The van der Waals surface area contributed by atoms with Gasteiger partial charge < -0.3 is 0 Å². The number of nitrogens with one attached hydrogen (secondary N) is 1. The van der Waals surface area contributed by atoms with E-state index >= 15 is 0 Å². The van der Waals surface area contributed by atoms with Crippen molar-refractivity contribution in [2.45, 2.75) is 32.9 Å². The second-order valence-corrected chi connectivity index (χ2v) is 4.02. The third-order valence-electron chi connectivity index (χ3n) is 2.60. The Hall–Kier alpha value is -2.49. The molecule has 1 aromatic rings. The summed E-state index contributed by atoms with van der Waals surface area (Å²) in [5.74, 6) is 4.31. The summed E-state index contributed by atoms with van der Waals surface area (Å²) >= 11 is 0. The number of hydrogen-bond acceptors (Lipinski definition) is 6. The third kappa shape index (κ3) is 3.29. The lowest BCUT2D eigenvalue weighted by Gasteiger charge is -2.08. The molecule has 110 valence electrons. The molecule has 10 nitrogen and oxygen atoms in total. The number of aryl methyl sites for hydroxylation is 1. The number of amides is 1. The highest BCUT2D eigenvalue weighted by atomic mass is 16.6. The topological polar surface area (TPSA) is 142 Å². The monoisotopic (exact) mass is 285 g/mol. The van der Waals surface area contributed by atoms with Crippen molar-refractivity contribution in [1.82, 2.24) is 14.6 Å². The number of rotatable bonds is 6. The molecule has 10 heteroatoms. The minimum atomic E-state index is -1.03. The van der Waals surface area contributed by atoms with Gasteiger partial charge in [-0.2, -0.15) is 0 Å². The summed E-state index contributed by atoms with van der Waals surface area (Å²) < 4.78 is 1.75. The highest BCUT2D eigenvalue weighted by Gasteiger charge is 2.19. The molecule has 0 bridgehead atoms. The van der Waals surface area contributed by atoms with E-state index in [9.17, 15) is 24.5 Å². The van der Waals surface area contributed by atoms with Crippen LogP contribution in [-0.2, 0) is 17.9 Å². The first kappa shape index (κ1) is 15.6. The lowest BCUT2D eigenvalue weighted by Crippen LogP contribution is -2.42. The quantitative estimate of drug-likeness (QED) is 0.288. The second-order valence-electron chi connectivity index (χ2n) is 4.02. The molecule has 20 heavy (non-hydrogen) atoms. The van der Waals surface area contributed by atoms with Gasteiger partial charge in [-0.05, 0) is 6.42 Å². The maximum Gasteiger partial charge on any atom is 0.350 e. The Kier molecular flexibility index (Phi) is 5.15. The molecule has 0 unspecified atom stereocenters. The van der Waals surface area contributed by atoms with Gasteiger partial charge in [-0.25, -0.2) is 10.6 Å². The zero-order valence-electron chi connectivity index (χ0n) is 10.9. The molecule has 1 rings (SSSR count). The zero-order valence-corrected chi connectivity index (χ0v) is 10.9. The van der Waals surface area contributed by atoms with Crippen molar-refractivity contribution in [2.24, 2.45) is 5.84 Å². The molecule has 0 aliphatic heterocycles. The van der Waals surface area contributed by atoms with Gasteiger partial charge in [0.1, 0.15) is 0 Å². The fourth-order valence-electron chi connectivity index (χ4n) is 1.65. The van der Waals surface area contributed by atoms with E-state index in [-0.39, 0.29) is 19.5 Å². The number of nitrogens with two attached hydrogens (primary N) is 1. The predicted octanol–water partition coefficient (Wildman–Crippen LogP) is -1.29. The van der Waals surface area contributed by atoms with Crippen molar-refractivity contribution in [3.63, 3.8) is 0 Å². The SMILES string of the molecule is CCCn1cc([N+](=O)[O-])c(=O)n(CCC(=O)NN)c1=O. The number of hydrogen-bond donors (Lipinski definition) is 2. The van der Waals surface area contributed by atoms with Crippen molar-refractivity contribution < 1.29 is 9.72 Å². The molecule has 0 aliphatic rings. The van der Waals surface area contributed by atoms with E-state index in [1.54, 1.807) is 6.92 Å². The first-order chi connectivity index (χ1) is 9.42. The average Bonchev–Trinajstić information content (AvgIpc) is 2.41. The van der Waals surface area contributed by atoms with Gasteiger partial charge in [0.2, 0.25) is 5.91 Å². The van der Waals surface area contributed by atoms with Gasteiger partial charge in [-0.1, -0.05) is 6.92 Å². The van der Waals surface area contributed by atoms with Crippen LogP contribution in [0.4, 0.5) is 5.69 Å². The van der Waals surface area contributed by atoms with Crippen molar-refractivity contribution >= 4 is 11.6 Å². The molecule has 0 spiro atoms. The maximum absolute atomic E-state index is 12.0. The Morgan fingerprint density at radius 1 is 1.45 bits per heavy atom. The van der Waals surface area contributed by atoms with Crippen LogP contribution in [0.25, 0.3) is 0 Å². The number of aromatic nitrogens is 2. The number of nitro groups is 1. The molecule has 1 aromatic heterocycles. The summed E-state index contributed by atoms with van der Waals surface area (Å²) in [6, 6.07) is 0. The van der Waals surface area contributed by atoms with Crippen LogP contribution in [0.1, 0.15) is 19.8 Å². The number of carbonyl (C=O) groups is 1. The summed E-state index contributed by atoms with van der Waals surface area (Å²) in [7, 11) is 0. The number of carbonyl (C=O) groups excluding carboxylic acids is 1. The number of hydrazine groups is 1. The Morgan fingerprint density at radius 2 is 2.10 bits per heavy atom. The summed E-state index contributed by atoms with van der Waals surface area (Å²) in [6.45, 7) is 1.75. The van der Waals surface area contributed by atoms with Gasteiger partial charge in [0, 0.05) is 19.5 Å². The van der Waals surface area contributed by atoms with E-state index in [4.69, 9.17) is 5.84 Å². The highest BCUT2D eigenvalue weighted by molar-refractivity contribution is 5.75. The summed E-state index contributed by atoms with van der Waals surface area (Å²) in [4.78, 5) is 44.8. The molecule has 1 heterocycles. The molecule has 1 amide bonds. The van der Waals surface area contributed by atoms with E-state index in [2.05, 4.69) is 0 Å². The van der Waals surface area contributed by atoms with Crippen LogP contribution in [0.3, 0.4) is 0 Å². The normalized spacial score (nSPS) is 10.3. The minimum Gasteiger partial charge on any atom is -0.294 e. The molecule has 3 N–H and O–H groups in total. The first-order valence-corrected chi connectivity index (χ1v) is 5.90. The summed E-state index contributed by atoms with van der Waals surface area (Å²) in [5.41, 5.74) is -0.566. The fourth-order valence-corrected chi connectivity index (χ4v) is 1.65. The first-order valence-electron chi connectivity index (χ1n) is 5.90. The maximum atomic E-state index is 12.0. The van der Waals surface area contributed by atoms with E-state index in [1.807, 2.05) is 5.43 Å². The predicted molar refractivity (Wildman–Crippen MR) is 68.9 cm³/mol. The van der Waals surface area contributed by atoms with Gasteiger partial charge in [0.15, 0.2) is 0 Å². The Balaban J connectivity index is 3.32. The van der Waals surface area contributed by atoms with Crippen molar-refractivity contribution in [2.75, 3.05) is 0 Å². The molecule has 0 aliphatic carbocycles. The molecule has 0 aromatic carbocycles. The van der Waals surface area contributed by atoms with Crippen LogP contribution in [0, 0.1) is 10.1 Å². The minimum absolute atomic E-state index is 0.223. The summed E-state index contributed by atoms with van der Waals surface area (Å²) in [5, 5.41) is 10.8. The molecular formula is C10H15N5O5. The number of nitrogens with zero attached hydrogens (tertiary/aromatic N) is 3. The lowest BCUT2D eigenvalue weighted by molar-refractivity contribution is -0.387. The van der Waals surface area contributed by atoms with Crippen LogP contribution in [-0.4, -0.2) is 20.0 Å². The highest BCUT2D eigenvalue weighted by Crippen LogP contribution is 2.01. The molecule has 0 atom stereocenters. The van der Waals surface area contributed by atoms with Crippen LogP contribution in [0.15, 0.2) is 15.8 Å². The fraction of sp³-hybridized carbons (Fsp3) is 0.500. The van der Waals surface area contributed by atoms with Gasteiger partial charge in [-0.15, -0.1) is 0 Å². The third-order valence-corrected chi connectivity index (χ3v) is 2.60. The van der Waals surface area contributed by atoms with Crippen LogP contribution < -0.4 is 22.5 Å². The molecule has 0 saturated carbocycles. The van der Waals surface area contributed by atoms with Crippen LogP contribution >= 0.6 is 0 Å². The van der Waals surface area contributed by atoms with Gasteiger partial charge in [-0.3, -0.25) is 34.3 Å². The van der Waals surface area contributed by atoms with Crippen molar-refractivity contribution in [1.29, 1.82) is 0 Å². The van der Waals surface area contributed by atoms with E-state index in [1.165, 1.54) is 0 Å². The van der Waals surface area contributed by atoms with Crippen LogP contribution in [0.2, 0.25) is 0 Å². The molecule has 0 radical (unpaired) electrons. The molecular weight excluding hydrogens is 270 g/mol. The Morgan fingerprint density at radius 3 is 2.60 bits per heavy atom. The van der Waals surface area contributed by atoms with Crippen molar-refractivity contribution in [3.05, 3.63) is 37.1 Å². The summed E-state index contributed by atoms with van der Waals surface area (Å²) in [6.07, 6.45) is 1.27. The average molecular weight is 285 g/mol. The zero-order chi connectivity index (χ0) is 15.3. The Labute approximate surface area is 112 Å². The van der Waals surface area contributed by atoms with Gasteiger partial charge >= 0.3 is 16.9 Å².